The fourth-order valence-corrected chi connectivity index (χ4v) is 5.07. The van der Waals surface area contributed by atoms with E-state index in [9.17, 15) is 19.2 Å². The molecule has 0 bridgehead atoms. The molecule has 7 heteroatoms. The molecular formula is C26H27ClN2O4. The first-order chi connectivity index (χ1) is 15.8. The van der Waals surface area contributed by atoms with Gasteiger partial charge in [0.25, 0.3) is 17.7 Å². The van der Waals surface area contributed by atoms with Crippen LogP contribution < -0.4 is 0 Å². The minimum atomic E-state index is -0.999. The number of hydrogen-bond acceptors (Lipinski definition) is 4. The second kappa shape index (κ2) is 9.48. The average molecular weight is 467 g/mol. The number of imide groups is 1. The molecule has 3 amide bonds. The van der Waals surface area contributed by atoms with E-state index >= 15 is 0 Å². The average Bonchev–Trinajstić information content (AvgIpc) is 3.06. The van der Waals surface area contributed by atoms with Crippen molar-refractivity contribution in [2.75, 3.05) is 0 Å². The summed E-state index contributed by atoms with van der Waals surface area (Å²) in [5.74, 6) is -2.24. The molecule has 0 unspecified atom stereocenters. The van der Waals surface area contributed by atoms with Gasteiger partial charge in [-0.1, -0.05) is 55.8 Å². The summed E-state index contributed by atoms with van der Waals surface area (Å²) in [5, 5.41) is 2.53. The van der Waals surface area contributed by atoms with Gasteiger partial charge < -0.3 is 0 Å². The highest BCUT2D eigenvalue weighted by Gasteiger charge is 2.54. The van der Waals surface area contributed by atoms with Gasteiger partial charge >= 0.3 is 0 Å². The highest BCUT2D eigenvalue weighted by atomic mass is 35.5. The number of amides is 3. The number of benzene rings is 2. The molecule has 2 fully saturated rings. The Morgan fingerprint density at radius 2 is 1.61 bits per heavy atom. The van der Waals surface area contributed by atoms with Crippen molar-refractivity contribution in [1.29, 1.82) is 0 Å². The third-order valence-corrected chi connectivity index (χ3v) is 6.97. The molecule has 1 saturated carbocycles. The van der Waals surface area contributed by atoms with E-state index in [1.54, 1.807) is 49.4 Å². The van der Waals surface area contributed by atoms with Crippen LogP contribution in [0.25, 0.3) is 0 Å². The van der Waals surface area contributed by atoms with Crippen LogP contribution in [0.1, 0.15) is 60.2 Å². The van der Waals surface area contributed by atoms with E-state index in [2.05, 4.69) is 6.92 Å². The van der Waals surface area contributed by atoms with E-state index in [-0.39, 0.29) is 17.8 Å². The molecule has 1 heterocycles. The maximum atomic E-state index is 13.7. The number of hydrogen-bond donors (Lipinski definition) is 0. The standard InChI is InChI=1S/C26H27ClN2O4/c1-3-22(23(30)17-7-5-4-6-8-17)28(24(31)18-10-12-19(27)13-11-18)29-25(32)20-14-9-16(2)15-21(20)26(29)33/h4-8,10-13,16,20-22H,3,9,14-15H2,1-2H3/t16-,20+,21+,22+/m0/s1. The molecule has 0 radical (unpaired) electrons. The van der Waals surface area contributed by atoms with Crippen LogP contribution in [0.4, 0.5) is 0 Å². The van der Waals surface area contributed by atoms with E-state index < -0.39 is 35.6 Å². The number of hydrazine groups is 1. The monoisotopic (exact) mass is 466 g/mol. The van der Waals surface area contributed by atoms with Gasteiger partial charge in [0, 0.05) is 16.1 Å². The number of ketones is 1. The lowest BCUT2D eigenvalue weighted by atomic mass is 9.76. The van der Waals surface area contributed by atoms with Crippen LogP contribution in [0, 0.1) is 17.8 Å². The van der Waals surface area contributed by atoms with Crippen molar-refractivity contribution in [3.63, 3.8) is 0 Å². The molecule has 0 spiro atoms. The fraction of sp³-hybridized carbons (Fsp3) is 0.385. The lowest BCUT2D eigenvalue weighted by molar-refractivity contribution is -0.156. The van der Waals surface area contributed by atoms with E-state index in [0.29, 0.717) is 29.3 Å². The highest BCUT2D eigenvalue weighted by Crippen LogP contribution is 2.42. The predicted octanol–water partition coefficient (Wildman–Crippen LogP) is 4.78. The van der Waals surface area contributed by atoms with Crippen LogP contribution in [0.15, 0.2) is 54.6 Å². The van der Waals surface area contributed by atoms with Gasteiger partial charge in [-0.2, -0.15) is 5.01 Å². The molecule has 6 nitrogen and oxygen atoms in total. The summed E-state index contributed by atoms with van der Waals surface area (Å²) in [6.07, 6.45) is 2.33. The van der Waals surface area contributed by atoms with Crippen molar-refractivity contribution in [2.45, 2.75) is 45.6 Å². The van der Waals surface area contributed by atoms with Crippen LogP contribution in [-0.2, 0) is 9.59 Å². The first-order valence-corrected chi connectivity index (χ1v) is 11.8. The summed E-state index contributed by atoms with van der Waals surface area (Å²) >= 11 is 5.99. The zero-order valence-corrected chi connectivity index (χ0v) is 19.5. The predicted molar refractivity (Wildman–Crippen MR) is 124 cm³/mol. The third-order valence-electron chi connectivity index (χ3n) is 6.72. The summed E-state index contributed by atoms with van der Waals surface area (Å²) in [6.45, 7) is 3.84. The molecule has 0 N–H and O–H groups in total. The van der Waals surface area contributed by atoms with Crippen molar-refractivity contribution in [3.05, 3.63) is 70.7 Å². The Bertz CT molecular complexity index is 1070. The van der Waals surface area contributed by atoms with Crippen molar-refractivity contribution >= 4 is 35.1 Å². The van der Waals surface area contributed by atoms with E-state index in [1.807, 2.05) is 0 Å². The molecule has 172 valence electrons. The van der Waals surface area contributed by atoms with Gasteiger partial charge in [-0.25, -0.2) is 5.01 Å². The Hall–Kier alpha value is -2.99. The number of carbonyl (C=O) groups is 4. The number of carbonyl (C=O) groups excluding carboxylic acids is 4. The second-order valence-electron chi connectivity index (χ2n) is 8.93. The van der Waals surface area contributed by atoms with E-state index in [1.165, 1.54) is 12.1 Å². The molecule has 2 aliphatic rings. The second-order valence-corrected chi connectivity index (χ2v) is 9.37. The van der Waals surface area contributed by atoms with Crippen molar-refractivity contribution in [1.82, 2.24) is 10.0 Å². The van der Waals surface area contributed by atoms with Crippen LogP contribution in [0.3, 0.4) is 0 Å². The van der Waals surface area contributed by atoms with Gasteiger partial charge in [-0.3, -0.25) is 19.2 Å². The lowest BCUT2D eigenvalue weighted by Crippen LogP contribution is -2.57. The van der Waals surface area contributed by atoms with Gasteiger partial charge in [-0.05, 0) is 55.9 Å². The Morgan fingerprint density at radius 1 is 0.970 bits per heavy atom. The topological polar surface area (TPSA) is 74.8 Å². The Labute approximate surface area is 198 Å². The normalized spacial score (nSPS) is 23.2. The Balaban J connectivity index is 1.78. The van der Waals surface area contributed by atoms with E-state index in [0.717, 1.165) is 16.4 Å². The Kier molecular flexibility index (Phi) is 6.66. The minimum Gasteiger partial charge on any atom is -0.292 e. The van der Waals surface area contributed by atoms with E-state index in [4.69, 9.17) is 11.6 Å². The molecule has 1 aliphatic carbocycles. The van der Waals surface area contributed by atoms with Crippen molar-refractivity contribution in [2.24, 2.45) is 17.8 Å². The van der Waals surface area contributed by atoms with Gasteiger partial charge in [-0.15, -0.1) is 0 Å². The molecular weight excluding hydrogens is 440 g/mol. The van der Waals surface area contributed by atoms with Crippen molar-refractivity contribution < 1.29 is 19.2 Å². The molecule has 1 aliphatic heterocycles. The smallest absolute Gasteiger partial charge is 0.273 e. The van der Waals surface area contributed by atoms with Gasteiger partial charge in [0.15, 0.2) is 5.78 Å². The first-order valence-electron chi connectivity index (χ1n) is 11.4. The van der Waals surface area contributed by atoms with Crippen LogP contribution in [0.5, 0.6) is 0 Å². The fourth-order valence-electron chi connectivity index (χ4n) is 4.95. The zero-order chi connectivity index (χ0) is 23.7. The zero-order valence-electron chi connectivity index (χ0n) is 18.7. The number of rotatable bonds is 6. The number of halogens is 1. The maximum absolute atomic E-state index is 13.7. The summed E-state index contributed by atoms with van der Waals surface area (Å²) in [5.41, 5.74) is 0.672. The van der Waals surface area contributed by atoms with Crippen LogP contribution in [-0.4, -0.2) is 39.6 Å². The van der Waals surface area contributed by atoms with Gasteiger partial charge in [0.2, 0.25) is 0 Å². The number of Topliss-reactive ketones (excluding diaryl/α,β-unsaturated/α-hetero) is 1. The number of nitrogens with zero attached hydrogens (tertiary/aromatic N) is 2. The maximum Gasteiger partial charge on any atom is 0.273 e. The summed E-state index contributed by atoms with van der Waals surface area (Å²) < 4.78 is 0. The molecule has 4 atom stereocenters. The summed E-state index contributed by atoms with van der Waals surface area (Å²) in [4.78, 5) is 54.1. The van der Waals surface area contributed by atoms with Gasteiger partial charge in [0.1, 0.15) is 6.04 Å². The van der Waals surface area contributed by atoms with Gasteiger partial charge in [0.05, 0.1) is 11.8 Å². The third kappa shape index (κ3) is 4.32. The van der Waals surface area contributed by atoms with Crippen LogP contribution in [0.2, 0.25) is 5.02 Å². The summed E-state index contributed by atoms with van der Waals surface area (Å²) in [7, 11) is 0. The highest BCUT2D eigenvalue weighted by molar-refractivity contribution is 6.30. The summed E-state index contributed by atoms with van der Waals surface area (Å²) in [6, 6.07) is 13.9. The molecule has 0 aromatic heterocycles. The largest absolute Gasteiger partial charge is 0.292 e. The molecule has 2 aromatic carbocycles. The molecule has 4 rings (SSSR count). The number of fused-ring (bicyclic) bond motifs is 1. The molecule has 33 heavy (non-hydrogen) atoms. The Morgan fingerprint density at radius 3 is 2.24 bits per heavy atom. The van der Waals surface area contributed by atoms with Crippen LogP contribution >= 0.6 is 11.6 Å². The molecule has 1 saturated heterocycles. The SMILES string of the molecule is CC[C@H](C(=O)c1ccccc1)N(C(=O)c1ccc(Cl)cc1)N1C(=O)[C@@H]2CC[C@H](C)C[C@H]2C1=O. The first kappa shape index (κ1) is 23.2. The minimum absolute atomic E-state index is 0.246. The lowest BCUT2D eigenvalue weighted by Gasteiger charge is -2.36. The quantitative estimate of drug-likeness (QED) is 0.453. The molecule has 2 aromatic rings. The van der Waals surface area contributed by atoms with Crippen molar-refractivity contribution in [3.8, 4) is 0 Å².